The first-order valence-corrected chi connectivity index (χ1v) is 8.95. The van der Waals surface area contributed by atoms with Crippen LogP contribution in [-0.4, -0.2) is 48.4 Å². The molecule has 1 aromatic carbocycles. The molecule has 0 amide bonds. The van der Waals surface area contributed by atoms with Crippen LogP contribution in [0, 0.1) is 0 Å². The van der Waals surface area contributed by atoms with Crippen molar-refractivity contribution in [3.8, 4) is 17.2 Å². The molecule has 0 bridgehead atoms. The van der Waals surface area contributed by atoms with Crippen LogP contribution in [0.4, 0.5) is 0 Å². The molecule has 148 valence electrons. The van der Waals surface area contributed by atoms with Gasteiger partial charge in [-0.05, 0) is 32.6 Å². The van der Waals surface area contributed by atoms with Gasteiger partial charge in [0.2, 0.25) is 0 Å². The molecule has 1 aliphatic heterocycles. The summed E-state index contributed by atoms with van der Waals surface area (Å²) in [6, 6.07) is 1.31. The summed E-state index contributed by atoms with van der Waals surface area (Å²) in [4.78, 5) is 24.7. The second-order valence-corrected chi connectivity index (χ2v) is 6.49. The van der Waals surface area contributed by atoms with Gasteiger partial charge in [-0.25, -0.2) is 4.79 Å². The fourth-order valence-corrected chi connectivity index (χ4v) is 3.04. The molecule has 2 atom stereocenters. The molecule has 0 saturated heterocycles. The number of ether oxygens (including phenoxy) is 3. The molecule has 2 N–H and O–H groups in total. The quantitative estimate of drug-likeness (QED) is 0.763. The van der Waals surface area contributed by atoms with Gasteiger partial charge in [0.05, 0.1) is 20.3 Å². The number of ketones is 1. The Balaban J connectivity index is 2.50. The Bertz CT molecular complexity index is 724. The molecular formula is C20H26O7. The monoisotopic (exact) mass is 378 g/mol. The second kappa shape index (κ2) is 9.41. The molecule has 0 saturated carbocycles. The number of aromatic hydroxyl groups is 1. The zero-order chi connectivity index (χ0) is 20.0. The topological polar surface area (TPSA) is 102 Å². The first kappa shape index (κ1) is 20.8. The molecule has 1 aromatic rings. The number of fused-ring (bicyclic) bond motifs is 1. The number of aliphatic hydroxyl groups is 1. The molecule has 0 fully saturated rings. The van der Waals surface area contributed by atoms with Crippen molar-refractivity contribution in [3.05, 3.63) is 23.3 Å². The van der Waals surface area contributed by atoms with Crippen LogP contribution in [0.15, 0.2) is 12.1 Å². The first-order chi connectivity index (χ1) is 12.9. The van der Waals surface area contributed by atoms with Gasteiger partial charge in [-0.2, -0.15) is 0 Å². The number of phenols is 1. The lowest BCUT2D eigenvalue weighted by atomic mass is 10.0. The number of carbonyl (C=O) groups excluding carboxylic acids is 2. The van der Waals surface area contributed by atoms with Crippen molar-refractivity contribution in [1.82, 2.24) is 0 Å². The van der Waals surface area contributed by atoms with Gasteiger partial charge in [0.15, 0.2) is 17.3 Å². The van der Waals surface area contributed by atoms with Crippen LogP contribution >= 0.6 is 0 Å². The molecular weight excluding hydrogens is 352 g/mol. The van der Waals surface area contributed by atoms with Crippen LogP contribution in [0.1, 0.15) is 54.9 Å². The predicted octanol–water partition coefficient (Wildman–Crippen LogP) is 2.86. The fourth-order valence-electron chi connectivity index (χ4n) is 3.04. The third-order valence-corrected chi connectivity index (χ3v) is 4.50. The van der Waals surface area contributed by atoms with Crippen molar-refractivity contribution < 1.29 is 34.0 Å². The number of esters is 1. The van der Waals surface area contributed by atoms with Gasteiger partial charge in [0, 0.05) is 18.1 Å². The summed E-state index contributed by atoms with van der Waals surface area (Å²) in [5.74, 6) is -0.615. The lowest BCUT2D eigenvalue weighted by Gasteiger charge is -2.19. The fraction of sp³-hybridized carbons (Fsp3) is 0.500. The van der Waals surface area contributed by atoms with E-state index in [0.717, 1.165) is 0 Å². The van der Waals surface area contributed by atoms with E-state index in [2.05, 4.69) is 0 Å². The molecule has 2 rings (SSSR count). The SMILES string of the molecule is COc1cc(O)c2c(c1OC)C=CCCC(=O)[C@@H](O)CCC[C@H](C)OC2=O. The summed E-state index contributed by atoms with van der Waals surface area (Å²) in [5, 5.41) is 20.3. The molecule has 0 aromatic heterocycles. The Morgan fingerprint density at radius 2 is 1.93 bits per heavy atom. The Kier molecular flexibility index (Phi) is 7.24. The third-order valence-electron chi connectivity index (χ3n) is 4.50. The number of benzene rings is 1. The van der Waals surface area contributed by atoms with Gasteiger partial charge in [-0.1, -0.05) is 12.2 Å². The molecule has 7 nitrogen and oxygen atoms in total. The molecule has 0 aliphatic carbocycles. The molecule has 7 heteroatoms. The van der Waals surface area contributed by atoms with E-state index in [1.807, 2.05) is 0 Å². The lowest BCUT2D eigenvalue weighted by molar-refractivity contribution is -0.127. The van der Waals surface area contributed by atoms with E-state index in [4.69, 9.17) is 14.2 Å². The number of aliphatic hydroxyl groups excluding tert-OH is 1. The standard InChI is InChI=1S/C20H26O7/c1-12-7-6-10-15(22)14(21)9-5-4-8-13-18(20(24)27-12)16(23)11-17(25-2)19(13)26-3/h4,8,11-12,15,22-23H,5-7,9-10H2,1-3H3/t12-,15-/m0/s1. The Morgan fingerprint density at radius 1 is 1.19 bits per heavy atom. The highest BCUT2D eigenvalue weighted by Gasteiger charge is 2.26. The predicted molar refractivity (Wildman–Crippen MR) is 99.2 cm³/mol. The number of hydrogen-bond acceptors (Lipinski definition) is 7. The summed E-state index contributed by atoms with van der Waals surface area (Å²) in [5.41, 5.74) is 0.302. The van der Waals surface area contributed by atoms with Gasteiger partial charge >= 0.3 is 5.97 Å². The third kappa shape index (κ3) is 5.01. The van der Waals surface area contributed by atoms with Crippen LogP contribution in [0.3, 0.4) is 0 Å². The Hall–Kier alpha value is -2.54. The van der Waals surface area contributed by atoms with Crippen LogP contribution in [-0.2, 0) is 9.53 Å². The van der Waals surface area contributed by atoms with E-state index >= 15 is 0 Å². The summed E-state index contributed by atoms with van der Waals surface area (Å²) in [6.45, 7) is 1.73. The number of methoxy groups -OCH3 is 2. The van der Waals surface area contributed by atoms with Crippen LogP contribution < -0.4 is 9.47 Å². The van der Waals surface area contributed by atoms with Crippen molar-refractivity contribution in [1.29, 1.82) is 0 Å². The van der Waals surface area contributed by atoms with Crippen molar-refractivity contribution in [2.45, 2.75) is 51.2 Å². The minimum absolute atomic E-state index is 0.0147. The van der Waals surface area contributed by atoms with Crippen molar-refractivity contribution in [3.63, 3.8) is 0 Å². The van der Waals surface area contributed by atoms with Gasteiger partial charge in [-0.15, -0.1) is 0 Å². The second-order valence-electron chi connectivity index (χ2n) is 6.49. The largest absolute Gasteiger partial charge is 0.507 e. The minimum atomic E-state index is -1.00. The van der Waals surface area contributed by atoms with Crippen molar-refractivity contribution >= 4 is 17.8 Å². The summed E-state index contributed by atoms with van der Waals surface area (Å²) in [7, 11) is 2.86. The summed E-state index contributed by atoms with van der Waals surface area (Å²) < 4.78 is 16.0. The number of Topliss-reactive ketones (excluding diaryl/α,β-unsaturated/α-hetero) is 1. The molecule has 27 heavy (non-hydrogen) atoms. The van der Waals surface area contributed by atoms with Gasteiger partial charge in [0.25, 0.3) is 0 Å². The number of allylic oxidation sites excluding steroid dienone is 1. The normalized spacial score (nSPS) is 21.8. The van der Waals surface area contributed by atoms with E-state index in [1.54, 1.807) is 19.1 Å². The Labute approximate surface area is 158 Å². The van der Waals surface area contributed by atoms with Crippen LogP contribution in [0.5, 0.6) is 17.2 Å². The Morgan fingerprint density at radius 3 is 2.59 bits per heavy atom. The van der Waals surface area contributed by atoms with E-state index in [9.17, 15) is 19.8 Å². The summed E-state index contributed by atoms with van der Waals surface area (Å²) in [6.07, 6.45) is 3.77. The number of hydrogen-bond donors (Lipinski definition) is 2. The van der Waals surface area contributed by atoms with Gasteiger partial charge in [-0.3, -0.25) is 4.79 Å². The summed E-state index contributed by atoms with van der Waals surface area (Å²) >= 11 is 0. The first-order valence-electron chi connectivity index (χ1n) is 8.95. The van der Waals surface area contributed by atoms with Crippen molar-refractivity contribution in [2.24, 2.45) is 0 Å². The van der Waals surface area contributed by atoms with E-state index in [0.29, 0.717) is 31.2 Å². The molecule has 0 unspecified atom stereocenters. The average Bonchev–Trinajstić information content (AvgIpc) is 2.63. The minimum Gasteiger partial charge on any atom is -0.507 e. The zero-order valence-electron chi connectivity index (χ0n) is 15.9. The van der Waals surface area contributed by atoms with Crippen LogP contribution in [0.2, 0.25) is 0 Å². The van der Waals surface area contributed by atoms with E-state index < -0.39 is 18.2 Å². The highest BCUT2D eigenvalue weighted by atomic mass is 16.5. The lowest BCUT2D eigenvalue weighted by Crippen LogP contribution is -2.21. The maximum Gasteiger partial charge on any atom is 0.342 e. The van der Waals surface area contributed by atoms with E-state index in [1.165, 1.54) is 20.3 Å². The number of cyclic esters (lactones) is 1. The van der Waals surface area contributed by atoms with Crippen LogP contribution in [0.25, 0.3) is 6.08 Å². The smallest absolute Gasteiger partial charge is 0.342 e. The number of phenolic OH excluding ortho intramolecular Hbond substituents is 1. The highest BCUT2D eigenvalue weighted by Crippen LogP contribution is 2.40. The van der Waals surface area contributed by atoms with Gasteiger partial charge < -0.3 is 24.4 Å². The highest BCUT2D eigenvalue weighted by molar-refractivity contribution is 5.98. The zero-order valence-corrected chi connectivity index (χ0v) is 15.9. The van der Waals surface area contributed by atoms with E-state index in [-0.39, 0.29) is 35.0 Å². The maximum atomic E-state index is 12.7. The maximum absolute atomic E-state index is 12.7. The van der Waals surface area contributed by atoms with Gasteiger partial charge in [0.1, 0.15) is 17.4 Å². The van der Waals surface area contributed by atoms with Crippen molar-refractivity contribution in [2.75, 3.05) is 14.2 Å². The molecule has 0 spiro atoms. The molecule has 1 heterocycles. The number of carbonyl (C=O) groups is 2. The molecule has 0 radical (unpaired) electrons. The average molecular weight is 378 g/mol. The molecule has 1 aliphatic rings. The number of rotatable bonds is 2.